The lowest BCUT2D eigenvalue weighted by Gasteiger charge is -2.22. The first-order valence-electron chi connectivity index (χ1n) is 11.0. The number of carbonyl (C=O) groups excluding carboxylic acids is 1. The topological polar surface area (TPSA) is 44.9 Å². The van der Waals surface area contributed by atoms with Crippen LogP contribution in [0.4, 0.5) is 0 Å². The van der Waals surface area contributed by atoms with Crippen molar-refractivity contribution in [1.82, 2.24) is 10.3 Å². The summed E-state index contributed by atoms with van der Waals surface area (Å²) < 4.78 is 0. The van der Waals surface area contributed by atoms with Crippen LogP contribution in [0.5, 0.6) is 0 Å². The van der Waals surface area contributed by atoms with Gasteiger partial charge in [-0.1, -0.05) is 84.9 Å². The third-order valence-electron chi connectivity index (χ3n) is 6.22. The van der Waals surface area contributed by atoms with Crippen molar-refractivity contribution >= 4 is 16.8 Å². The molecule has 3 heteroatoms. The molecule has 0 saturated carbocycles. The van der Waals surface area contributed by atoms with Crippen LogP contribution in [-0.4, -0.2) is 10.9 Å². The molecule has 0 saturated heterocycles. The molecule has 1 unspecified atom stereocenters. The summed E-state index contributed by atoms with van der Waals surface area (Å²) in [6, 6.07) is 29.1. The maximum absolute atomic E-state index is 13.3. The first-order valence-corrected chi connectivity index (χ1v) is 11.0. The minimum Gasteiger partial charge on any atom is -0.350 e. The SMILES string of the molecule is O=C(NC1=CCC(c2ccccc2)CC1)c1[nH]c2ccccc2c1Cc1ccccc1. The second kappa shape index (κ2) is 8.65. The van der Waals surface area contributed by atoms with E-state index in [2.05, 4.69) is 64.9 Å². The highest BCUT2D eigenvalue weighted by Gasteiger charge is 2.21. The lowest BCUT2D eigenvalue weighted by molar-refractivity contribution is 0.0958. The predicted octanol–water partition coefficient (Wildman–Crippen LogP) is 6.34. The monoisotopic (exact) mass is 406 g/mol. The number of para-hydroxylation sites is 1. The Kier molecular flexibility index (Phi) is 5.40. The molecule has 0 bridgehead atoms. The molecular formula is C28H26N2O. The van der Waals surface area contributed by atoms with Crippen molar-refractivity contribution in [3.05, 3.63) is 119 Å². The highest BCUT2D eigenvalue weighted by molar-refractivity contribution is 6.02. The second-order valence-corrected chi connectivity index (χ2v) is 8.25. The van der Waals surface area contributed by atoms with Crippen LogP contribution in [0, 0.1) is 0 Å². The van der Waals surface area contributed by atoms with Gasteiger partial charge in [-0.25, -0.2) is 0 Å². The van der Waals surface area contributed by atoms with Gasteiger partial charge in [0, 0.05) is 23.0 Å². The molecule has 1 heterocycles. The highest BCUT2D eigenvalue weighted by Crippen LogP contribution is 2.31. The van der Waals surface area contributed by atoms with Crippen molar-refractivity contribution in [2.45, 2.75) is 31.6 Å². The van der Waals surface area contributed by atoms with Crippen molar-refractivity contribution in [1.29, 1.82) is 0 Å². The summed E-state index contributed by atoms with van der Waals surface area (Å²) in [7, 11) is 0. The number of amides is 1. The van der Waals surface area contributed by atoms with Crippen LogP contribution in [0.25, 0.3) is 10.9 Å². The van der Waals surface area contributed by atoms with Gasteiger partial charge in [-0.2, -0.15) is 0 Å². The van der Waals surface area contributed by atoms with E-state index >= 15 is 0 Å². The molecule has 1 aliphatic rings. The summed E-state index contributed by atoms with van der Waals surface area (Å²) in [6.07, 6.45) is 5.82. The maximum Gasteiger partial charge on any atom is 0.272 e. The van der Waals surface area contributed by atoms with E-state index in [9.17, 15) is 4.79 Å². The van der Waals surface area contributed by atoms with Crippen LogP contribution >= 0.6 is 0 Å². The number of nitrogens with one attached hydrogen (secondary N) is 2. The number of carbonyl (C=O) groups is 1. The summed E-state index contributed by atoms with van der Waals surface area (Å²) in [6.45, 7) is 0. The van der Waals surface area contributed by atoms with Crippen molar-refractivity contribution in [2.75, 3.05) is 0 Å². The third kappa shape index (κ3) is 4.17. The lowest BCUT2D eigenvalue weighted by Crippen LogP contribution is -2.26. The number of aromatic nitrogens is 1. The van der Waals surface area contributed by atoms with E-state index in [0.717, 1.165) is 47.8 Å². The van der Waals surface area contributed by atoms with E-state index in [1.165, 1.54) is 11.1 Å². The van der Waals surface area contributed by atoms with E-state index in [0.29, 0.717) is 11.6 Å². The predicted molar refractivity (Wildman–Crippen MR) is 126 cm³/mol. The zero-order chi connectivity index (χ0) is 21.0. The van der Waals surface area contributed by atoms with Gasteiger partial charge in [0.2, 0.25) is 0 Å². The molecule has 5 rings (SSSR count). The zero-order valence-corrected chi connectivity index (χ0v) is 17.5. The Balaban J connectivity index is 1.37. The number of rotatable bonds is 5. The van der Waals surface area contributed by atoms with Gasteiger partial charge < -0.3 is 10.3 Å². The standard InChI is InChI=1S/C28H26N2O/c31-28(29-23-17-15-22(16-18-23)21-11-5-2-6-12-21)27-25(19-20-9-3-1-4-10-20)24-13-7-8-14-26(24)30-27/h1-14,17,22,30H,15-16,18-19H2,(H,29,31). The Morgan fingerprint density at radius 1 is 0.903 bits per heavy atom. The van der Waals surface area contributed by atoms with Crippen LogP contribution < -0.4 is 5.32 Å². The molecule has 1 aromatic heterocycles. The Labute approximate surface area is 182 Å². The van der Waals surface area contributed by atoms with E-state index in [1.54, 1.807) is 0 Å². The minimum atomic E-state index is -0.0495. The van der Waals surface area contributed by atoms with Gasteiger partial charge in [-0.05, 0) is 47.9 Å². The molecule has 0 aliphatic heterocycles. The Morgan fingerprint density at radius 2 is 1.61 bits per heavy atom. The molecule has 2 N–H and O–H groups in total. The van der Waals surface area contributed by atoms with Crippen LogP contribution in [0.15, 0.2) is 96.7 Å². The lowest BCUT2D eigenvalue weighted by atomic mass is 9.86. The fourth-order valence-corrected chi connectivity index (χ4v) is 4.56. The van der Waals surface area contributed by atoms with E-state index in [-0.39, 0.29) is 5.91 Å². The van der Waals surface area contributed by atoms with Crippen molar-refractivity contribution in [3.63, 3.8) is 0 Å². The van der Waals surface area contributed by atoms with E-state index < -0.39 is 0 Å². The Morgan fingerprint density at radius 3 is 2.35 bits per heavy atom. The fourth-order valence-electron chi connectivity index (χ4n) is 4.56. The number of aromatic amines is 1. The summed E-state index contributed by atoms with van der Waals surface area (Å²) in [5.74, 6) is 0.482. The molecule has 0 fully saturated rings. The molecule has 3 aromatic carbocycles. The largest absolute Gasteiger partial charge is 0.350 e. The second-order valence-electron chi connectivity index (χ2n) is 8.25. The molecule has 31 heavy (non-hydrogen) atoms. The quantitative estimate of drug-likeness (QED) is 0.399. The van der Waals surface area contributed by atoms with Gasteiger partial charge in [0.15, 0.2) is 0 Å². The molecule has 4 aromatic rings. The first kappa shape index (κ1) is 19.4. The van der Waals surface area contributed by atoms with Crippen LogP contribution in [-0.2, 0) is 6.42 Å². The van der Waals surface area contributed by atoms with Gasteiger partial charge >= 0.3 is 0 Å². The third-order valence-corrected chi connectivity index (χ3v) is 6.22. The fraction of sp³-hybridized carbons (Fsp3) is 0.179. The van der Waals surface area contributed by atoms with Gasteiger partial charge in [0.05, 0.1) is 0 Å². The average Bonchev–Trinajstić information content (AvgIpc) is 3.19. The van der Waals surface area contributed by atoms with Crippen molar-refractivity contribution < 1.29 is 4.79 Å². The molecule has 154 valence electrons. The van der Waals surface area contributed by atoms with Gasteiger partial charge in [0.25, 0.3) is 5.91 Å². The molecular weight excluding hydrogens is 380 g/mol. The molecule has 3 nitrogen and oxygen atoms in total. The summed E-state index contributed by atoms with van der Waals surface area (Å²) in [5, 5.41) is 4.29. The number of allylic oxidation sites excluding steroid dienone is 2. The van der Waals surface area contributed by atoms with Crippen LogP contribution in [0.2, 0.25) is 0 Å². The number of benzene rings is 3. The minimum absolute atomic E-state index is 0.0495. The van der Waals surface area contributed by atoms with Gasteiger partial charge in [-0.15, -0.1) is 0 Å². The van der Waals surface area contributed by atoms with E-state index in [4.69, 9.17) is 0 Å². The molecule has 0 radical (unpaired) electrons. The summed E-state index contributed by atoms with van der Waals surface area (Å²) in [4.78, 5) is 16.6. The highest BCUT2D eigenvalue weighted by atomic mass is 16.1. The van der Waals surface area contributed by atoms with Crippen molar-refractivity contribution in [3.8, 4) is 0 Å². The van der Waals surface area contributed by atoms with Crippen LogP contribution in [0.1, 0.15) is 52.4 Å². The molecule has 1 aliphatic carbocycles. The van der Waals surface area contributed by atoms with E-state index in [1.807, 2.05) is 36.4 Å². The number of fused-ring (bicyclic) bond motifs is 1. The number of hydrogen-bond acceptors (Lipinski definition) is 1. The average molecular weight is 407 g/mol. The normalized spacial score (nSPS) is 16.1. The molecule has 0 spiro atoms. The van der Waals surface area contributed by atoms with Gasteiger partial charge in [0.1, 0.15) is 5.69 Å². The smallest absolute Gasteiger partial charge is 0.272 e. The van der Waals surface area contributed by atoms with Crippen molar-refractivity contribution in [2.24, 2.45) is 0 Å². The maximum atomic E-state index is 13.3. The zero-order valence-electron chi connectivity index (χ0n) is 17.5. The Bertz CT molecular complexity index is 1220. The Hall–Kier alpha value is -3.59. The molecule has 1 amide bonds. The van der Waals surface area contributed by atoms with Crippen LogP contribution in [0.3, 0.4) is 0 Å². The van der Waals surface area contributed by atoms with Gasteiger partial charge in [-0.3, -0.25) is 4.79 Å². The number of H-pyrrole nitrogens is 1. The number of hydrogen-bond donors (Lipinski definition) is 2. The first-order chi connectivity index (χ1) is 15.3. The summed E-state index contributed by atoms with van der Waals surface area (Å²) >= 11 is 0. The summed E-state index contributed by atoms with van der Waals surface area (Å²) in [5.41, 5.74) is 6.32. The molecule has 1 atom stereocenters.